The summed E-state index contributed by atoms with van der Waals surface area (Å²) < 4.78 is 0. The third-order valence-electron chi connectivity index (χ3n) is 2.89. The van der Waals surface area contributed by atoms with E-state index in [1.54, 1.807) is 6.92 Å². The van der Waals surface area contributed by atoms with Crippen molar-refractivity contribution in [2.24, 2.45) is 0 Å². The van der Waals surface area contributed by atoms with Crippen molar-refractivity contribution in [3.05, 3.63) is 47.0 Å². The van der Waals surface area contributed by atoms with E-state index in [2.05, 4.69) is 6.07 Å². The first kappa shape index (κ1) is 10.8. The van der Waals surface area contributed by atoms with Gasteiger partial charge in [-0.2, -0.15) is 0 Å². The number of benzene rings is 1. The van der Waals surface area contributed by atoms with Crippen LogP contribution in [0.5, 0.6) is 0 Å². The SMILES string of the molecule is CC(=N)C=C1CCCc2ccccc2C1=N. The van der Waals surface area contributed by atoms with Gasteiger partial charge in [-0.1, -0.05) is 24.3 Å². The molecule has 0 spiro atoms. The molecule has 1 aliphatic rings. The number of nitrogens with one attached hydrogen (secondary N) is 2. The van der Waals surface area contributed by atoms with Crippen LogP contribution in [-0.2, 0) is 6.42 Å². The third kappa shape index (κ3) is 2.11. The highest BCUT2D eigenvalue weighted by Gasteiger charge is 2.15. The van der Waals surface area contributed by atoms with Crippen LogP contribution in [0.4, 0.5) is 0 Å². The molecule has 2 heteroatoms. The van der Waals surface area contributed by atoms with Gasteiger partial charge in [0.25, 0.3) is 0 Å². The fourth-order valence-corrected chi connectivity index (χ4v) is 2.16. The Kier molecular flexibility index (Phi) is 3.00. The predicted octanol–water partition coefficient (Wildman–Crippen LogP) is 3.36. The molecule has 1 aromatic carbocycles. The van der Waals surface area contributed by atoms with Gasteiger partial charge in [-0.25, -0.2) is 0 Å². The Bertz CT molecular complexity index is 469. The fourth-order valence-electron chi connectivity index (χ4n) is 2.16. The van der Waals surface area contributed by atoms with Crippen LogP contribution >= 0.6 is 0 Å². The van der Waals surface area contributed by atoms with Crippen LogP contribution in [0.25, 0.3) is 0 Å². The predicted molar refractivity (Wildman–Crippen MR) is 67.7 cm³/mol. The molecular formula is C14H16N2. The van der Waals surface area contributed by atoms with Gasteiger partial charge in [-0.3, -0.25) is 5.41 Å². The highest BCUT2D eigenvalue weighted by molar-refractivity contribution is 6.14. The maximum absolute atomic E-state index is 8.20. The molecule has 0 aliphatic heterocycles. The Hall–Kier alpha value is -1.70. The number of rotatable bonds is 1. The average Bonchev–Trinajstić information content (AvgIpc) is 2.40. The van der Waals surface area contributed by atoms with Gasteiger partial charge >= 0.3 is 0 Å². The van der Waals surface area contributed by atoms with E-state index >= 15 is 0 Å². The molecule has 1 aliphatic carbocycles. The molecule has 82 valence electrons. The number of allylic oxidation sites excluding steroid dienone is 2. The zero-order valence-electron chi connectivity index (χ0n) is 9.51. The second kappa shape index (κ2) is 4.44. The summed E-state index contributed by atoms with van der Waals surface area (Å²) in [7, 11) is 0. The standard InChI is InChI=1S/C14H16N2/c1-10(15)9-12-7-4-6-11-5-2-3-8-13(11)14(12)16/h2-3,5,8-9,15-16H,4,6-7H2,1H3. The van der Waals surface area contributed by atoms with Gasteiger partial charge in [0.05, 0.1) is 5.71 Å². The van der Waals surface area contributed by atoms with Gasteiger partial charge in [-0.15, -0.1) is 0 Å². The largest absolute Gasteiger partial charge is 0.306 e. The molecule has 0 heterocycles. The molecule has 0 saturated heterocycles. The zero-order chi connectivity index (χ0) is 11.5. The Morgan fingerprint density at radius 3 is 2.75 bits per heavy atom. The molecule has 2 nitrogen and oxygen atoms in total. The molecule has 16 heavy (non-hydrogen) atoms. The van der Waals surface area contributed by atoms with E-state index in [4.69, 9.17) is 10.8 Å². The molecule has 0 atom stereocenters. The molecule has 0 saturated carbocycles. The van der Waals surface area contributed by atoms with Crippen LogP contribution in [0.15, 0.2) is 35.9 Å². The van der Waals surface area contributed by atoms with E-state index in [-0.39, 0.29) is 0 Å². The van der Waals surface area contributed by atoms with Gasteiger partial charge in [0.1, 0.15) is 0 Å². The topological polar surface area (TPSA) is 47.7 Å². The molecule has 0 unspecified atom stereocenters. The Labute approximate surface area is 96.0 Å². The van der Waals surface area contributed by atoms with Crippen molar-refractivity contribution in [2.75, 3.05) is 0 Å². The minimum Gasteiger partial charge on any atom is -0.306 e. The Morgan fingerprint density at radius 1 is 1.25 bits per heavy atom. The molecule has 0 amide bonds. The Morgan fingerprint density at radius 2 is 2.00 bits per heavy atom. The van der Waals surface area contributed by atoms with E-state index in [0.717, 1.165) is 30.4 Å². The number of hydrogen-bond donors (Lipinski definition) is 2. The number of hydrogen-bond acceptors (Lipinski definition) is 2. The second-order valence-electron chi connectivity index (χ2n) is 4.24. The van der Waals surface area contributed by atoms with Crippen LogP contribution in [0.2, 0.25) is 0 Å². The normalized spacial score (nSPS) is 18.1. The van der Waals surface area contributed by atoms with Crippen molar-refractivity contribution < 1.29 is 0 Å². The first-order valence-electron chi connectivity index (χ1n) is 5.61. The average molecular weight is 212 g/mol. The van der Waals surface area contributed by atoms with E-state index in [1.165, 1.54) is 5.56 Å². The van der Waals surface area contributed by atoms with Crippen LogP contribution < -0.4 is 0 Å². The maximum atomic E-state index is 8.20. The highest BCUT2D eigenvalue weighted by atomic mass is 14.5. The van der Waals surface area contributed by atoms with E-state index in [1.807, 2.05) is 24.3 Å². The molecule has 1 aromatic rings. The monoisotopic (exact) mass is 212 g/mol. The molecule has 2 N–H and O–H groups in total. The lowest BCUT2D eigenvalue weighted by Gasteiger charge is -2.07. The highest BCUT2D eigenvalue weighted by Crippen LogP contribution is 2.23. The van der Waals surface area contributed by atoms with Gasteiger partial charge in [0, 0.05) is 11.3 Å². The minimum atomic E-state index is 0.527. The molecule has 0 fully saturated rings. The molecule has 2 rings (SSSR count). The summed E-state index contributed by atoms with van der Waals surface area (Å²) in [6.07, 6.45) is 4.83. The summed E-state index contributed by atoms with van der Waals surface area (Å²) in [5.41, 5.74) is 4.42. The van der Waals surface area contributed by atoms with Crippen molar-refractivity contribution >= 4 is 11.4 Å². The second-order valence-corrected chi connectivity index (χ2v) is 4.24. The van der Waals surface area contributed by atoms with Crippen molar-refractivity contribution in [2.45, 2.75) is 26.2 Å². The summed E-state index contributed by atoms with van der Waals surface area (Å²) in [6.45, 7) is 1.76. The fraction of sp³-hybridized carbons (Fsp3) is 0.286. The van der Waals surface area contributed by atoms with E-state index < -0.39 is 0 Å². The van der Waals surface area contributed by atoms with Gasteiger partial charge in [0.2, 0.25) is 0 Å². The smallest absolute Gasteiger partial charge is 0.0647 e. The van der Waals surface area contributed by atoms with Crippen molar-refractivity contribution in [3.8, 4) is 0 Å². The quantitative estimate of drug-likeness (QED) is 0.530. The summed E-state index contributed by atoms with van der Waals surface area (Å²) in [5.74, 6) is 0. The lowest BCUT2D eigenvalue weighted by molar-refractivity contribution is 0.840. The van der Waals surface area contributed by atoms with Gasteiger partial charge < -0.3 is 5.41 Å². The molecule has 0 radical (unpaired) electrons. The lowest BCUT2D eigenvalue weighted by atomic mass is 9.98. The van der Waals surface area contributed by atoms with Gasteiger partial charge in [-0.05, 0) is 43.4 Å². The summed E-state index contributed by atoms with van der Waals surface area (Å²) >= 11 is 0. The zero-order valence-corrected chi connectivity index (χ0v) is 9.51. The molecule has 0 aromatic heterocycles. The van der Waals surface area contributed by atoms with Gasteiger partial charge in [0.15, 0.2) is 0 Å². The van der Waals surface area contributed by atoms with Crippen molar-refractivity contribution in [1.29, 1.82) is 10.8 Å². The van der Waals surface area contributed by atoms with Crippen LogP contribution in [0.1, 0.15) is 30.9 Å². The van der Waals surface area contributed by atoms with E-state index in [9.17, 15) is 0 Å². The summed E-state index contributed by atoms with van der Waals surface area (Å²) in [4.78, 5) is 0. The maximum Gasteiger partial charge on any atom is 0.0647 e. The molecule has 0 bridgehead atoms. The Balaban J connectivity index is 2.45. The summed E-state index contributed by atoms with van der Waals surface area (Å²) in [6, 6.07) is 8.12. The van der Waals surface area contributed by atoms with Crippen LogP contribution in [0.3, 0.4) is 0 Å². The van der Waals surface area contributed by atoms with Crippen LogP contribution in [0, 0.1) is 10.8 Å². The number of aryl methyl sites for hydroxylation is 1. The van der Waals surface area contributed by atoms with Crippen molar-refractivity contribution in [1.82, 2.24) is 0 Å². The first-order valence-corrected chi connectivity index (χ1v) is 5.61. The third-order valence-corrected chi connectivity index (χ3v) is 2.89. The first-order chi connectivity index (χ1) is 7.68. The molecular weight excluding hydrogens is 196 g/mol. The number of fused-ring (bicyclic) bond motifs is 1. The van der Waals surface area contributed by atoms with Crippen molar-refractivity contribution in [3.63, 3.8) is 0 Å². The van der Waals surface area contributed by atoms with Crippen LogP contribution in [-0.4, -0.2) is 11.4 Å². The summed E-state index contributed by atoms with van der Waals surface area (Å²) in [5, 5.41) is 15.7. The lowest BCUT2D eigenvalue weighted by Crippen LogP contribution is -2.04. The van der Waals surface area contributed by atoms with E-state index in [0.29, 0.717) is 11.4 Å². The minimum absolute atomic E-state index is 0.527.